The lowest BCUT2D eigenvalue weighted by Gasteiger charge is -2.11. The van der Waals surface area contributed by atoms with E-state index in [1.165, 1.54) is 40.7 Å². The molecule has 1 heterocycles. The average Bonchev–Trinajstić information content (AvgIpc) is 2.69. The highest BCUT2D eigenvalue weighted by molar-refractivity contribution is 7.98. The fourth-order valence-corrected chi connectivity index (χ4v) is 3.32. The number of halogens is 3. The van der Waals surface area contributed by atoms with Gasteiger partial charge in [0.15, 0.2) is 0 Å². The Labute approximate surface area is 169 Å². The number of hydrogen-bond acceptors (Lipinski definition) is 3. The van der Waals surface area contributed by atoms with Crippen molar-refractivity contribution in [2.75, 3.05) is 11.6 Å². The van der Waals surface area contributed by atoms with E-state index in [0.717, 1.165) is 17.0 Å². The first kappa shape index (κ1) is 20.7. The van der Waals surface area contributed by atoms with Crippen LogP contribution in [0.15, 0.2) is 76.6 Å². The first-order valence-electron chi connectivity index (χ1n) is 8.59. The summed E-state index contributed by atoms with van der Waals surface area (Å²) in [5, 5.41) is 2.74. The maximum Gasteiger partial charge on any atom is 0.416 e. The summed E-state index contributed by atoms with van der Waals surface area (Å²) in [7, 11) is 0. The molecule has 0 fully saturated rings. The van der Waals surface area contributed by atoms with Gasteiger partial charge < -0.3 is 9.88 Å². The number of anilines is 1. The number of carbonyl (C=O) groups excluding carboxylic acids is 1. The fourth-order valence-electron chi connectivity index (χ4n) is 2.77. The van der Waals surface area contributed by atoms with Gasteiger partial charge in [0.2, 0.25) is 0 Å². The number of amides is 1. The van der Waals surface area contributed by atoms with Crippen LogP contribution in [-0.4, -0.2) is 16.7 Å². The quantitative estimate of drug-likeness (QED) is 0.601. The number of rotatable bonds is 5. The van der Waals surface area contributed by atoms with E-state index in [4.69, 9.17) is 0 Å². The number of nitrogens with zero attached hydrogens (tertiary/aromatic N) is 1. The molecule has 1 aromatic heterocycles. The van der Waals surface area contributed by atoms with Crippen LogP contribution >= 0.6 is 11.8 Å². The molecule has 1 N–H and O–H groups in total. The van der Waals surface area contributed by atoms with Gasteiger partial charge in [0.1, 0.15) is 5.56 Å². The van der Waals surface area contributed by atoms with E-state index in [-0.39, 0.29) is 12.1 Å². The number of carbonyl (C=O) groups is 1. The van der Waals surface area contributed by atoms with Crippen molar-refractivity contribution in [3.05, 3.63) is 93.9 Å². The summed E-state index contributed by atoms with van der Waals surface area (Å²) in [5.74, 6) is -0.543. The molecule has 2 aromatic carbocycles. The third-order valence-electron chi connectivity index (χ3n) is 4.25. The summed E-state index contributed by atoms with van der Waals surface area (Å²) in [6, 6.07) is 14.8. The normalized spacial score (nSPS) is 11.3. The van der Waals surface area contributed by atoms with Gasteiger partial charge in [-0.1, -0.05) is 24.3 Å². The van der Waals surface area contributed by atoms with Crippen molar-refractivity contribution in [3.8, 4) is 0 Å². The number of para-hydroxylation sites is 1. The third kappa shape index (κ3) is 4.89. The van der Waals surface area contributed by atoms with Gasteiger partial charge in [0.05, 0.1) is 17.8 Å². The van der Waals surface area contributed by atoms with E-state index in [1.807, 2.05) is 18.4 Å². The molecule has 4 nitrogen and oxygen atoms in total. The summed E-state index contributed by atoms with van der Waals surface area (Å²) < 4.78 is 39.3. The molecule has 1 amide bonds. The minimum Gasteiger partial charge on any atom is -0.321 e. The number of benzene rings is 2. The molecule has 0 atom stereocenters. The number of pyridine rings is 1. The molecule has 0 aliphatic carbocycles. The van der Waals surface area contributed by atoms with E-state index >= 15 is 0 Å². The van der Waals surface area contributed by atoms with Crippen LogP contribution in [0.3, 0.4) is 0 Å². The number of aromatic nitrogens is 1. The second kappa shape index (κ2) is 8.57. The van der Waals surface area contributed by atoms with Crippen LogP contribution < -0.4 is 10.9 Å². The lowest BCUT2D eigenvalue weighted by molar-refractivity contribution is -0.137. The molecular weight excluding hydrogens is 401 g/mol. The number of thioether (sulfide) groups is 1. The van der Waals surface area contributed by atoms with Crippen LogP contribution in [-0.2, 0) is 12.7 Å². The zero-order valence-corrected chi connectivity index (χ0v) is 16.2. The zero-order valence-electron chi connectivity index (χ0n) is 15.4. The Morgan fingerprint density at radius 1 is 1.03 bits per heavy atom. The SMILES string of the molecule is CSc1ccccc1NC(=O)c1cccn(Cc2ccc(C(F)(F)F)cc2)c1=O. The van der Waals surface area contributed by atoms with Crippen LogP contribution in [0.5, 0.6) is 0 Å². The second-order valence-corrected chi connectivity index (χ2v) is 7.05. The monoisotopic (exact) mass is 418 g/mol. The number of alkyl halides is 3. The molecule has 0 unspecified atom stereocenters. The standard InChI is InChI=1S/C21H17F3N2O2S/c1-29-18-7-3-2-6-17(18)25-19(27)16-5-4-12-26(20(16)28)13-14-8-10-15(11-9-14)21(22,23)24/h2-12H,13H2,1H3,(H,25,27). The highest BCUT2D eigenvalue weighted by atomic mass is 32.2. The van der Waals surface area contributed by atoms with E-state index in [0.29, 0.717) is 11.3 Å². The predicted molar refractivity (Wildman–Crippen MR) is 107 cm³/mol. The molecule has 0 saturated heterocycles. The molecule has 29 heavy (non-hydrogen) atoms. The van der Waals surface area contributed by atoms with Crippen LogP contribution in [0.1, 0.15) is 21.5 Å². The number of nitrogens with one attached hydrogen (secondary N) is 1. The fraction of sp³-hybridized carbons (Fsp3) is 0.143. The molecule has 150 valence electrons. The van der Waals surface area contributed by atoms with Crippen molar-refractivity contribution in [1.82, 2.24) is 4.57 Å². The molecular formula is C21H17F3N2O2S. The van der Waals surface area contributed by atoms with Gasteiger partial charge in [0.25, 0.3) is 11.5 Å². The van der Waals surface area contributed by atoms with Crippen molar-refractivity contribution >= 4 is 23.4 Å². The minimum atomic E-state index is -4.42. The molecule has 0 radical (unpaired) electrons. The Balaban J connectivity index is 1.82. The van der Waals surface area contributed by atoms with Crippen molar-refractivity contribution < 1.29 is 18.0 Å². The summed E-state index contributed by atoms with van der Waals surface area (Å²) in [6.07, 6.45) is -1.04. The van der Waals surface area contributed by atoms with Crippen LogP contribution in [0.2, 0.25) is 0 Å². The van der Waals surface area contributed by atoms with Crippen molar-refractivity contribution in [2.24, 2.45) is 0 Å². The number of hydrogen-bond donors (Lipinski definition) is 1. The highest BCUT2D eigenvalue weighted by Gasteiger charge is 2.29. The summed E-state index contributed by atoms with van der Waals surface area (Å²) >= 11 is 1.47. The van der Waals surface area contributed by atoms with Crippen LogP contribution in [0.25, 0.3) is 0 Å². The van der Waals surface area contributed by atoms with E-state index in [2.05, 4.69) is 5.32 Å². The van der Waals surface area contributed by atoms with Gasteiger partial charge in [-0.3, -0.25) is 9.59 Å². The van der Waals surface area contributed by atoms with Crippen LogP contribution in [0, 0.1) is 0 Å². The summed E-state index contributed by atoms with van der Waals surface area (Å²) in [5.41, 5.74) is -0.205. The molecule has 0 aliphatic rings. The Morgan fingerprint density at radius 2 is 1.72 bits per heavy atom. The Kier molecular flexibility index (Phi) is 6.12. The van der Waals surface area contributed by atoms with Crippen LogP contribution in [0.4, 0.5) is 18.9 Å². The van der Waals surface area contributed by atoms with E-state index in [9.17, 15) is 22.8 Å². The molecule has 3 rings (SSSR count). The van der Waals surface area contributed by atoms with Gasteiger partial charge in [-0.2, -0.15) is 13.2 Å². The van der Waals surface area contributed by atoms with Crippen molar-refractivity contribution in [3.63, 3.8) is 0 Å². The highest BCUT2D eigenvalue weighted by Crippen LogP contribution is 2.29. The summed E-state index contributed by atoms with van der Waals surface area (Å²) in [4.78, 5) is 26.2. The first-order chi connectivity index (χ1) is 13.8. The van der Waals surface area contributed by atoms with E-state index in [1.54, 1.807) is 18.2 Å². The zero-order chi connectivity index (χ0) is 21.0. The third-order valence-corrected chi connectivity index (χ3v) is 5.05. The second-order valence-electron chi connectivity index (χ2n) is 6.20. The first-order valence-corrected chi connectivity index (χ1v) is 9.82. The van der Waals surface area contributed by atoms with Crippen molar-refractivity contribution in [1.29, 1.82) is 0 Å². The maximum absolute atomic E-state index is 12.7. The lowest BCUT2D eigenvalue weighted by Crippen LogP contribution is -2.29. The van der Waals surface area contributed by atoms with Gasteiger partial charge in [-0.05, 0) is 48.2 Å². The Morgan fingerprint density at radius 3 is 2.38 bits per heavy atom. The van der Waals surface area contributed by atoms with Gasteiger partial charge >= 0.3 is 6.18 Å². The molecule has 0 aliphatic heterocycles. The van der Waals surface area contributed by atoms with Crippen molar-refractivity contribution in [2.45, 2.75) is 17.6 Å². The Hall–Kier alpha value is -3.00. The molecule has 0 spiro atoms. The maximum atomic E-state index is 12.7. The average molecular weight is 418 g/mol. The molecule has 0 saturated carbocycles. The van der Waals surface area contributed by atoms with Gasteiger partial charge in [-0.15, -0.1) is 11.8 Å². The Bertz CT molecular complexity index is 1080. The summed E-state index contributed by atoms with van der Waals surface area (Å²) in [6.45, 7) is 0.0550. The smallest absolute Gasteiger partial charge is 0.321 e. The minimum absolute atomic E-state index is 0.0460. The predicted octanol–water partition coefficient (Wildman–Crippen LogP) is 4.89. The largest absolute Gasteiger partial charge is 0.416 e. The topological polar surface area (TPSA) is 51.1 Å². The lowest BCUT2D eigenvalue weighted by atomic mass is 10.1. The van der Waals surface area contributed by atoms with Gasteiger partial charge in [0, 0.05) is 11.1 Å². The molecule has 8 heteroatoms. The molecule has 3 aromatic rings. The van der Waals surface area contributed by atoms with E-state index < -0.39 is 23.2 Å². The van der Waals surface area contributed by atoms with Gasteiger partial charge in [-0.25, -0.2) is 0 Å². The molecule has 0 bridgehead atoms.